The lowest BCUT2D eigenvalue weighted by atomic mass is 9.81. The number of likely N-dealkylation sites (tertiary alicyclic amines) is 1. The van der Waals surface area contributed by atoms with Gasteiger partial charge in [0.15, 0.2) is 5.69 Å². The van der Waals surface area contributed by atoms with Crippen molar-refractivity contribution in [3.8, 4) is 0 Å². The zero-order chi connectivity index (χ0) is 37.7. The Balaban J connectivity index is 1.38. The molecule has 0 radical (unpaired) electrons. The molecule has 3 aliphatic carbocycles. The van der Waals surface area contributed by atoms with Crippen LogP contribution in [0.5, 0.6) is 0 Å². The van der Waals surface area contributed by atoms with E-state index < -0.39 is 75.6 Å². The van der Waals surface area contributed by atoms with E-state index in [9.17, 15) is 38.9 Å². The fourth-order valence-corrected chi connectivity index (χ4v) is 8.11. The minimum Gasteiger partial charge on any atom is -0.358 e. The second-order valence-corrected chi connectivity index (χ2v) is 16.1. The minimum absolute atomic E-state index is 0.0113. The van der Waals surface area contributed by atoms with E-state index in [1.54, 1.807) is 4.90 Å². The SMILES string of the molecule is CCC[C@H](NC(=O)[C@@H]1C[C@@H]2CCCC[C@@H]2N1C(=O)[C@@H](NC(=O)[C@@H](NC(=O)c1cc([N+](=O)[O-])[nH]n1)C1CCCCC1)C(C)(C)C)C(=O)C(=O)NC1CC1. The second-order valence-electron chi connectivity index (χ2n) is 16.1. The largest absolute Gasteiger partial charge is 0.358 e. The fraction of sp³-hybridized carbons (Fsp3) is 0.750. The summed E-state index contributed by atoms with van der Waals surface area (Å²) in [6.07, 6.45) is 10.3. The van der Waals surface area contributed by atoms with Gasteiger partial charge in [-0.2, -0.15) is 0 Å². The number of rotatable bonds is 14. The lowest BCUT2D eigenvalue weighted by Crippen LogP contribution is -2.63. The summed E-state index contributed by atoms with van der Waals surface area (Å²) in [4.78, 5) is 94.3. The van der Waals surface area contributed by atoms with Crippen LogP contribution in [-0.2, 0) is 24.0 Å². The Labute approximate surface area is 303 Å². The number of fused-ring (bicyclic) bond motifs is 1. The predicted octanol–water partition coefficient (Wildman–Crippen LogP) is 2.82. The summed E-state index contributed by atoms with van der Waals surface area (Å²) in [5.41, 5.74) is -1.05. The van der Waals surface area contributed by atoms with Crippen molar-refractivity contribution >= 4 is 41.1 Å². The van der Waals surface area contributed by atoms with Crippen molar-refractivity contribution in [1.29, 1.82) is 0 Å². The number of nitrogens with one attached hydrogen (secondary N) is 5. The number of Topliss-reactive ketones (excluding diaryl/α,β-unsaturated/α-hetero) is 1. The Morgan fingerprint density at radius 1 is 0.962 bits per heavy atom. The van der Waals surface area contributed by atoms with E-state index in [2.05, 4.69) is 31.5 Å². The average Bonchev–Trinajstić information content (AvgIpc) is 3.62. The maximum Gasteiger partial charge on any atom is 0.343 e. The Hall–Kier alpha value is -4.37. The lowest BCUT2D eigenvalue weighted by Gasteiger charge is -2.40. The summed E-state index contributed by atoms with van der Waals surface area (Å²) in [6.45, 7) is 7.34. The first-order valence-corrected chi connectivity index (χ1v) is 19.0. The first-order valence-electron chi connectivity index (χ1n) is 19.0. The molecule has 3 saturated carbocycles. The Kier molecular flexibility index (Phi) is 12.4. The topological polar surface area (TPSA) is 226 Å². The Morgan fingerprint density at radius 2 is 1.63 bits per heavy atom. The van der Waals surface area contributed by atoms with Crippen molar-refractivity contribution in [2.45, 2.75) is 154 Å². The van der Waals surface area contributed by atoms with Crippen molar-refractivity contribution in [1.82, 2.24) is 36.4 Å². The third-order valence-electron chi connectivity index (χ3n) is 11.1. The highest BCUT2D eigenvalue weighted by atomic mass is 16.6. The number of ketones is 1. The first-order chi connectivity index (χ1) is 24.7. The monoisotopic (exact) mass is 726 g/mol. The molecule has 16 heteroatoms. The van der Waals surface area contributed by atoms with Crippen molar-refractivity contribution < 1.29 is 33.7 Å². The highest BCUT2D eigenvalue weighted by molar-refractivity contribution is 6.38. The van der Waals surface area contributed by atoms with Crippen LogP contribution >= 0.6 is 0 Å². The lowest BCUT2D eigenvalue weighted by molar-refractivity contribution is -0.389. The van der Waals surface area contributed by atoms with Gasteiger partial charge >= 0.3 is 5.82 Å². The molecule has 6 atom stereocenters. The molecule has 2 heterocycles. The number of nitro groups is 1. The molecule has 1 aromatic rings. The molecule has 0 bridgehead atoms. The zero-order valence-corrected chi connectivity index (χ0v) is 30.7. The number of aromatic nitrogens is 2. The van der Waals surface area contributed by atoms with Crippen LogP contribution in [0.2, 0.25) is 0 Å². The molecular weight excluding hydrogens is 672 g/mol. The Morgan fingerprint density at radius 3 is 2.25 bits per heavy atom. The van der Waals surface area contributed by atoms with Crippen LogP contribution in [0.4, 0.5) is 5.82 Å². The van der Waals surface area contributed by atoms with Gasteiger partial charge in [-0.05, 0) is 73.5 Å². The minimum atomic E-state index is -1.08. The van der Waals surface area contributed by atoms with E-state index in [1.165, 1.54) is 0 Å². The van der Waals surface area contributed by atoms with Crippen LogP contribution in [0.15, 0.2) is 6.07 Å². The van der Waals surface area contributed by atoms with Gasteiger partial charge in [-0.25, -0.2) is 0 Å². The van der Waals surface area contributed by atoms with Gasteiger partial charge in [-0.3, -0.25) is 28.8 Å². The van der Waals surface area contributed by atoms with E-state index >= 15 is 0 Å². The first kappa shape index (κ1) is 38.9. The molecule has 1 aromatic heterocycles. The van der Waals surface area contributed by atoms with Gasteiger partial charge in [0.2, 0.25) is 23.5 Å². The van der Waals surface area contributed by atoms with Crippen LogP contribution in [-0.4, -0.2) is 91.6 Å². The molecule has 52 heavy (non-hydrogen) atoms. The van der Waals surface area contributed by atoms with Crippen molar-refractivity contribution in [3.63, 3.8) is 0 Å². The maximum atomic E-state index is 14.8. The quantitative estimate of drug-likeness (QED) is 0.108. The predicted molar refractivity (Wildman–Crippen MR) is 188 cm³/mol. The molecule has 1 aliphatic heterocycles. The molecule has 4 fully saturated rings. The number of hydrogen-bond acceptors (Lipinski definition) is 9. The summed E-state index contributed by atoms with van der Waals surface area (Å²) in [5, 5.41) is 28.4. The molecule has 5 N–H and O–H groups in total. The number of H-pyrrole nitrogens is 1. The van der Waals surface area contributed by atoms with E-state index in [4.69, 9.17) is 0 Å². The molecule has 5 rings (SSSR count). The molecule has 0 unspecified atom stereocenters. The van der Waals surface area contributed by atoms with Gasteiger partial charge in [0.05, 0.1) is 12.1 Å². The van der Waals surface area contributed by atoms with Crippen molar-refractivity contribution in [2.24, 2.45) is 17.3 Å². The average molecular weight is 727 g/mol. The molecule has 16 nitrogen and oxygen atoms in total. The van der Waals surface area contributed by atoms with Gasteiger partial charge in [0.25, 0.3) is 11.8 Å². The van der Waals surface area contributed by atoms with E-state index in [1.807, 2.05) is 27.7 Å². The summed E-state index contributed by atoms with van der Waals surface area (Å²) in [5.74, 6) is -4.27. The fourth-order valence-electron chi connectivity index (χ4n) is 8.11. The van der Waals surface area contributed by atoms with Crippen LogP contribution in [0.25, 0.3) is 0 Å². The maximum absolute atomic E-state index is 14.8. The third kappa shape index (κ3) is 9.16. The van der Waals surface area contributed by atoms with Crippen molar-refractivity contribution in [2.75, 3.05) is 0 Å². The molecular formula is C36H54N8O8. The van der Waals surface area contributed by atoms with E-state index in [0.29, 0.717) is 32.1 Å². The van der Waals surface area contributed by atoms with Gasteiger partial charge in [0, 0.05) is 12.1 Å². The number of nitrogens with zero attached hydrogens (tertiary/aromatic N) is 3. The summed E-state index contributed by atoms with van der Waals surface area (Å²) in [7, 11) is 0. The molecule has 0 spiro atoms. The van der Waals surface area contributed by atoms with Gasteiger partial charge in [0.1, 0.15) is 18.1 Å². The zero-order valence-electron chi connectivity index (χ0n) is 30.7. The normalized spacial score (nSPS) is 23.8. The summed E-state index contributed by atoms with van der Waals surface area (Å²) >= 11 is 0. The van der Waals surface area contributed by atoms with E-state index in [0.717, 1.165) is 57.4 Å². The number of carbonyl (C=O) groups excluding carboxylic acids is 6. The summed E-state index contributed by atoms with van der Waals surface area (Å²) < 4.78 is 0. The second kappa shape index (κ2) is 16.5. The standard InChI is InChI=1S/C36H54N8O8/c1-5-11-23(29(45)34(49)37-22-16-17-22)38-32(47)26-18-21-14-9-10-15-25(21)43(26)35(50)30(36(2,3)4)40-33(48)28(20-12-7-6-8-13-20)39-31(46)24-19-27(42-41-24)44(51)52/h19-23,25-26,28,30H,5-18H2,1-4H3,(H,37,49)(H,38,47)(H,39,46)(H,40,48)(H,41,42)/t21-,23-,25-,26-,28-,30+/m0/s1. The van der Waals surface area contributed by atoms with Crippen LogP contribution < -0.4 is 21.3 Å². The van der Waals surface area contributed by atoms with Gasteiger partial charge in [-0.1, -0.05) is 71.3 Å². The highest BCUT2D eigenvalue weighted by Crippen LogP contribution is 2.41. The number of aromatic amines is 1. The van der Waals surface area contributed by atoms with Gasteiger partial charge in [-0.15, -0.1) is 5.10 Å². The number of hydrogen-bond donors (Lipinski definition) is 5. The van der Waals surface area contributed by atoms with Crippen LogP contribution in [0.3, 0.4) is 0 Å². The van der Waals surface area contributed by atoms with Crippen LogP contribution in [0, 0.1) is 27.4 Å². The molecule has 4 aliphatic rings. The number of carbonyl (C=O) groups is 6. The summed E-state index contributed by atoms with van der Waals surface area (Å²) in [6, 6.07) is -3.28. The highest BCUT2D eigenvalue weighted by Gasteiger charge is 2.51. The Bertz CT molecular complexity index is 1530. The van der Waals surface area contributed by atoms with E-state index in [-0.39, 0.29) is 36.0 Å². The molecule has 1 saturated heterocycles. The van der Waals surface area contributed by atoms with Gasteiger partial charge < -0.3 is 36.3 Å². The molecule has 0 aromatic carbocycles. The van der Waals surface area contributed by atoms with Crippen molar-refractivity contribution in [3.05, 3.63) is 21.9 Å². The third-order valence-corrected chi connectivity index (χ3v) is 11.1. The smallest absolute Gasteiger partial charge is 0.343 e. The number of amides is 5. The van der Waals surface area contributed by atoms with Crippen LogP contribution in [0.1, 0.15) is 128 Å². The molecule has 286 valence electrons. The molecule has 5 amide bonds.